The minimum absolute atomic E-state index is 0.0191. The maximum absolute atomic E-state index is 11.9. The smallest absolute Gasteiger partial charge is 0.315 e. The van der Waals surface area contributed by atoms with Gasteiger partial charge in [0.25, 0.3) is 0 Å². The van der Waals surface area contributed by atoms with Crippen LogP contribution in [0, 0.1) is 0 Å². The van der Waals surface area contributed by atoms with Crippen molar-refractivity contribution >= 4 is 6.03 Å². The molecule has 3 nitrogen and oxygen atoms in total. The Hall–Kier alpha value is -1.51. The van der Waals surface area contributed by atoms with Gasteiger partial charge in [0.05, 0.1) is 6.04 Å². The molecule has 1 atom stereocenters. The first-order valence-electron chi connectivity index (χ1n) is 7.64. The lowest BCUT2D eigenvalue weighted by Crippen LogP contribution is -2.42. The fourth-order valence-electron chi connectivity index (χ4n) is 2.17. The Bertz CT molecular complexity index is 408. The SMILES string of the molecule is CCC(CC)NC(=O)NC(C)c1ccc(C(C)C)cc1. The molecule has 20 heavy (non-hydrogen) atoms. The van der Waals surface area contributed by atoms with Crippen molar-refractivity contribution in [3.63, 3.8) is 0 Å². The summed E-state index contributed by atoms with van der Waals surface area (Å²) in [6.45, 7) is 10.5. The fraction of sp³-hybridized carbons (Fsp3) is 0.588. The lowest BCUT2D eigenvalue weighted by molar-refractivity contribution is 0.233. The maximum atomic E-state index is 11.9. The standard InChI is InChI=1S/C17H28N2O/c1-6-16(7-2)19-17(20)18-13(5)15-10-8-14(9-11-15)12(3)4/h8-13,16H,6-7H2,1-5H3,(H2,18,19,20). The van der Waals surface area contributed by atoms with Gasteiger partial charge in [-0.1, -0.05) is 52.0 Å². The summed E-state index contributed by atoms with van der Waals surface area (Å²) < 4.78 is 0. The van der Waals surface area contributed by atoms with E-state index < -0.39 is 0 Å². The van der Waals surface area contributed by atoms with Crippen LogP contribution >= 0.6 is 0 Å². The molecular formula is C17H28N2O. The van der Waals surface area contributed by atoms with E-state index in [1.165, 1.54) is 5.56 Å². The van der Waals surface area contributed by atoms with Crippen LogP contribution in [0.25, 0.3) is 0 Å². The van der Waals surface area contributed by atoms with Crippen LogP contribution in [0.4, 0.5) is 4.79 Å². The van der Waals surface area contributed by atoms with Gasteiger partial charge in [-0.2, -0.15) is 0 Å². The molecule has 112 valence electrons. The van der Waals surface area contributed by atoms with Crippen molar-refractivity contribution < 1.29 is 4.79 Å². The first-order valence-corrected chi connectivity index (χ1v) is 7.64. The predicted molar refractivity (Wildman–Crippen MR) is 85.0 cm³/mol. The molecule has 0 aliphatic carbocycles. The average Bonchev–Trinajstić information content (AvgIpc) is 2.44. The minimum atomic E-state index is -0.0841. The van der Waals surface area contributed by atoms with E-state index in [0.29, 0.717) is 5.92 Å². The van der Waals surface area contributed by atoms with Crippen molar-refractivity contribution in [3.05, 3.63) is 35.4 Å². The molecule has 1 unspecified atom stereocenters. The van der Waals surface area contributed by atoms with E-state index in [9.17, 15) is 4.79 Å². The third-order valence-electron chi connectivity index (χ3n) is 3.77. The molecule has 1 rings (SSSR count). The average molecular weight is 276 g/mol. The molecule has 0 fully saturated rings. The van der Waals surface area contributed by atoms with Crippen LogP contribution in [0.5, 0.6) is 0 Å². The van der Waals surface area contributed by atoms with E-state index in [2.05, 4.69) is 62.6 Å². The molecule has 0 spiro atoms. The topological polar surface area (TPSA) is 41.1 Å². The summed E-state index contributed by atoms with van der Waals surface area (Å²) in [5, 5.41) is 5.99. The van der Waals surface area contributed by atoms with E-state index in [1.807, 2.05) is 6.92 Å². The number of carbonyl (C=O) groups excluding carboxylic acids is 1. The van der Waals surface area contributed by atoms with Crippen molar-refractivity contribution in [1.29, 1.82) is 0 Å². The molecule has 0 aromatic heterocycles. The molecule has 2 amide bonds. The number of hydrogen-bond acceptors (Lipinski definition) is 1. The van der Waals surface area contributed by atoms with Gasteiger partial charge >= 0.3 is 6.03 Å². The second-order valence-electron chi connectivity index (χ2n) is 5.67. The summed E-state index contributed by atoms with van der Waals surface area (Å²) >= 11 is 0. The van der Waals surface area contributed by atoms with Gasteiger partial charge < -0.3 is 10.6 Å². The summed E-state index contributed by atoms with van der Waals surface area (Å²) in [6.07, 6.45) is 1.92. The molecule has 1 aromatic carbocycles. The van der Waals surface area contributed by atoms with Gasteiger partial charge in [0.1, 0.15) is 0 Å². The highest BCUT2D eigenvalue weighted by Crippen LogP contribution is 2.18. The van der Waals surface area contributed by atoms with Crippen LogP contribution in [0.1, 0.15) is 70.5 Å². The van der Waals surface area contributed by atoms with Crippen LogP contribution in [0.15, 0.2) is 24.3 Å². The molecule has 0 saturated carbocycles. The number of amides is 2. The van der Waals surface area contributed by atoms with E-state index >= 15 is 0 Å². The van der Waals surface area contributed by atoms with Crippen molar-refractivity contribution in [1.82, 2.24) is 10.6 Å². The number of rotatable bonds is 6. The van der Waals surface area contributed by atoms with E-state index in [4.69, 9.17) is 0 Å². The van der Waals surface area contributed by atoms with Crippen molar-refractivity contribution in [2.45, 2.75) is 65.5 Å². The molecule has 0 heterocycles. The van der Waals surface area contributed by atoms with Crippen LogP contribution in [0.2, 0.25) is 0 Å². The van der Waals surface area contributed by atoms with Crippen molar-refractivity contribution in [2.24, 2.45) is 0 Å². The highest BCUT2D eigenvalue weighted by atomic mass is 16.2. The number of benzene rings is 1. The molecule has 3 heteroatoms. The van der Waals surface area contributed by atoms with Gasteiger partial charge in [-0.3, -0.25) is 0 Å². The van der Waals surface area contributed by atoms with Gasteiger partial charge in [-0.25, -0.2) is 4.79 Å². The Morgan fingerprint density at radius 3 is 1.90 bits per heavy atom. The van der Waals surface area contributed by atoms with Crippen LogP contribution in [0.3, 0.4) is 0 Å². The normalized spacial score (nSPS) is 12.6. The van der Waals surface area contributed by atoms with Gasteiger partial charge in [-0.05, 0) is 36.8 Å². The number of nitrogens with one attached hydrogen (secondary N) is 2. The quantitative estimate of drug-likeness (QED) is 0.796. The Balaban J connectivity index is 2.57. The summed E-state index contributed by atoms with van der Waals surface area (Å²) in [6, 6.07) is 8.65. The molecule has 2 N–H and O–H groups in total. The van der Waals surface area contributed by atoms with Crippen molar-refractivity contribution in [2.75, 3.05) is 0 Å². The first kappa shape index (κ1) is 16.5. The lowest BCUT2D eigenvalue weighted by Gasteiger charge is -2.19. The summed E-state index contributed by atoms with van der Waals surface area (Å²) in [5.74, 6) is 0.533. The molecule has 0 aliphatic heterocycles. The van der Waals surface area contributed by atoms with E-state index in [1.54, 1.807) is 0 Å². The third-order valence-corrected chi connectivity index (χ3v) is 3.77. The summed E-state index contributed by atoms with van der Waals surface area (Å²) in [7, 11) is 0. The molecule has 0 bridgehead atoms. The van der Waals surface area contributed by atoms with Crippen molar-refractivity contribution in [3.8, 4) is 0 Å². The highest BCUT2D eigenvalue weighted by molar-refractivity contribution is 5.74. The zero-order chi connectivity index (χ0) is 15.1. The predicted octanol–water partition coefficient (Wildman–Crippen LogP) is 4.36. The molecule has 0 aliphatic rings. The lowest BCUT2D eigenvalue weighted by atomic mass is 10.00. The molecule has 0 saturated heterocycles. The number of hydrogen-bond donors (Lipinski definition) is 2. The Morgan fingerprint density at radius 1 is 0.950 bits per heavy atom. The van der Waals surface area contributed by atoms with Gasteiger partial charge in [0.2, 0.25) is 0 Å². The summed E-state index contributed by atoms with van der Waals surface area (Å²) in [4.78, 5) is 11.9. The Kier molecular flexibility index (Phi) is 6.56. The van der Waals surface area contributed by atoms with E-state index in [-0.39, 0.29) is 18.1 Å². The van der Waals surface area contributed by atoms with Crippen LogP contribution in [-0.4, -0.2) is 12.1 Å². The zero-order valence-corrected chi connectivity index (χ0v) is 13.4. The van der Waals surface area contributed by atoms with Gasteiger partial charge in [0, 0.05) is 6.04 Å². The molecular weight excluding hydrogens is 248 g/mol. The van der Waals surface area contributed by atoms with Gasteiger partial charge in [0.15, 0.2) is 0 Å². The first-order chi connectivity index (χ1) is 9.47. The van der Waals surface area contributed by atoms with Gasteiger partial charge in [-0.15, -0.1) is 0 Å². The maximum Gasteiger partial charge on any atom is 0.315 e. The Labute approximate surface area is 123 Å². The van der Waals surface area contributed by atoms with Crippen LogP contribution < -0.4 is 10.6 Å². The minimum Gasteiger partial charge on any atom is -0.335 e. The zero-order valence-electron chi connectivity index (χ0n) is 13.4. The monoisotopic (exact) mass is 276 g/mol. The number of urea groups is 1. The number of carbonyl (C=O) groups is 1. The third kappa shape index (κ3) is 4.87. The summed E-state index contributed by atoms with van der Waals surface area (Å²) in [5.41, 5.74) is 2.46. The largest absolute Gasteiger partial charge is 0.335 e. The van der Waals surface area contributed by atoms with E-state index in [0.717, 1.165) is 18.4 Å². The second-order valence-corrected chi connectivity index (χ2v) is 5.67. The second kappa shape index (κ2) is 7.93. The Morgan fingerprint density at radius 2 is 1.45 bits per heavy atom. The highest BCUT2D eigenvalue weighted by Gasteiger charge is 2.12. The molecule has 1 aromatic rings. The van der Waals surface area contributed by atoms with Crippen LogP contribution in [-0.2, 0) is 0 Å². The fourth-order valence-corrected chi connectivity index (χ4v) is 2.17. The molecule has 0 radical (unpaired) electrons.